The lowest BCUT2D eigenvalue weighted by Crippen LogP contribution is -2.39. The quantitative estimate of drug-likeness (QED) is 0.414. The molecule has 3 aromatic rings. The zero-order chi connectivity index (χ0) is 21.6. The molecule has 2 aromatic heterocycles. The zero-order valence-corrected chi connectivity index (χ0v) is 17.2. The van der Waals surface area contributed by atoms with Gasteiger partial charge >= 0.3 is 0 Å². The number of nitrogens with zero attached hydrogens (tertiary/aromatic N) is 4. The first-order valence-corrected chi connectivity index (χ1v) is 10.8. The number of aromatic nitrogens is 4. The Balaban J connectivity index is 1.52. The highest BCUT2D eigenvalue weighted by Gasteiger charge is 2.44. The fourth-order valence-electron chi connectivity index (χ4n) is 3.20. The summed E-state index contributed by atoms with van der Waals surface area (Å²) >= 11 is 6.01. The van der Waals surface area contributed by atoms with Crippen molar-refractivity contribution in [2.24, 2.45) is 0 Å². The van der Waals surface area contributed by atoms with E-state index >= 15 is 0 Å². The van der Waals surface area contributed by atoms with Crippen LogP contribution in [0.5, 0.6) is 0 Å². The van der Waals surface area contributed by atoms with Gasteiger partial charge in [-0.1, -0.05) is 17.7 Å². The molecule has 1 aliphatic rings. The largest absolute Gasteiger partial charge is 0.387 e. The number of rotatable bonds is 5. The third-order valence-electron chi connectivity index (χ3n) is 4.93. The summed E-state index contributed by atoms with van der Waals surface area (Å²) in [5.41, 5.74) is 7.14. The number of benzene rings is 1. The average Bonchev–Trinajstić information content (AvgIpc) is 3.25. The molecule has 11 nitrogen and oxygen atoms in total. The highest BCUT2D eigenvalue weighted by Crippen LogP contribution is 2.32. The van der Waals surface area contributed by atoms with Crippen LogP contribution in [0.3, 0.4) is 0 Å². The third-order valence-corrected chi connectivity index (χ3v) is 6.76. The molecule has 3 heterocycles. The highest BCUT2D eigenvalue weighted by molar-refractivity contribution is 7.89. The van der Waals surface area contributed by atoms with Crippen LogP contribution in [0.25, 0.3) is 11.2 Å². The van der Waals surface area contributed by atoms with Crippen LogP contribution < -0.4 is 10.5 Å². The van der Waals surface area contributed by atoms with Gasteiger partial charge in [-0.25, -0.2) is 28.1 Å². The van der Waals surface area contributed by atoms with Crippen LogP contribution in [0.2, 0.25) is 5.02 Å². The van der Waals surface area contributed by atoms with Gasteiger partial charge in [-0.3, -0.25) is 4.57 Å². The summed E-state index contributed by atoms with van der Waals surface area (Å²) in [6, 6.07) is 4.36. The Bertz CT molecular complexity index is 1200. The van der Waals surface area contributed by atoms with Crippen LogP contribution in [0.1, 0.15) is 11.8 Å². The van der Waals surface area contributed by atoms with E-state index in [4.69, 9.17) is 22.1 Å². The SMILES string of the molecule is Cc1ccc(S(=O)(=O)NC[C@H]2O[C@@H](n3cnc4c(N)ncnc43)[C@H](O)[C@@H]2O)cc1Cl. The second-order valence-corrected chi connectivity index (χ2v) is 9.07. The van der Waals surface area contributed by atoms with Crippen molar-refractivity contribution in [1.82, 2.24) is 24.2 Å². The van der Waals surface area contributed by atoms with Crippen molar-refractivity contribution in [3.8, 4) is 0 Å². The minimum absolute atomic E-state index is 0.0181. The Labute approximate surface area is 176 Å². The molecule has 13 heteroatoms. The Kier molecular flexibility index (Phi) is 5.38. The number of nitrogens with one attached hydrogen (secondary N) is 1. The van der Waals surface area contributed by atoms with E-state index in [1.54, 1.807) is 13.0 Å². The van der Waals surface area contributed by atoms with Gasteiger partial charge in [0.1, 0.15) is 30.2 Å². The van der Waals surface area contributed by atoms with Crippen molar-refractivity contribution in [3.63, 3.8) is 0 Å². The average molecular weight is 455 g/mol. The lowest BCUT2D eigenvalue weighted by Gasteiger charge is -2.16. The van der Waals surface area contributed by atoms with Crippen molar-refractivity contribution in [2.45, 2.75) is 36.4 Å². The minimum atomic E-state index is -3.90. The molecule has 160 valence electrons. The van der Waals surface area contributed by atoms with Crippen LogP contribution in [-0.2, 0) is 14.8 Å². The van der Waals surface area contributed by atoms with Gasteiger partial charge < -0.3 is 20.7 Å². The van der Waals surface area contributed by atoms with E-state index in [2.05, 4.69) is 19.7 Å². The van der Waals surface area contributed by atoms with Crippen LogP contribution in [0.15, 0.2) is 35.7 Å². The normalized spacial score (nSPS) is 24.5. The maximum Gasteiger partial charge on any atom is 0.240 e. The summed E-state index contributed by atoms with van der Waals surface area (Å²) in [5.74, 6) is 0.160. The molecule has 0 radical (unpaired) electrons. The van der Waals surface area contributed by atoms with Gasteiger partial charge in [0.05, 0.1) is 11.2 Å². The number of ether oxygens (including phenoxy) is 1. The van der Waals surface area contributed by atoms with Gasteiger partial charge in [-0.15, -0.1) is 0 Å². The van der Waals surface area contributed by atoms with Gasteiger partial charge in [0.25, 0.3) is 0 Å². The standard InChI is InChI=1S/C17H19ClN6O5S/c1-8-2-3-9(4-10(8)18)30(27,28)23-5-11-13(25)14(26)17(29-11)24-7-22-12-15(19)20-6-21-16(12)24/h2-4,6-7,11,13-14,17,23,25-26H,5H2,1H3,(H2,19,20,21)/t11-,13-,14-,17-/m1/s1. The van der Waals surface area contributed by atoms with Crippen molar-refractivity contribution in [3.05, 3.63) is 41.4 Å². The lowest BCUT2D eigenvalue weighted by molar-refractivity contribution is -0.0330. The Morgan fingerprint density at radius 3 is 2.77 bits per heavy atom. The number of nitrogens with two attached hydrogens (primary N) is 1. The van der Waals surface area contributed by atoms with Crippen molar-refractivity contribution < 1.29 is 23.4 Å². The molecule has 0 saturated carbocycles. The molecule has 4 atom stereocenters. The molecule has 0 aliphatic carbocycles. The lowest BCUT2D eigenvalue weighted by atomic mass is 10.1. The fourth-order valence-corrected chi connectivity index (χ4v) is 4.52. The molecular weight excluding hydrogens is 436 g/mol. The maximum atomic E-state index is 12.5. The Hall–Kier alpha value is -2.35. The second kappa shape index (κ2) is 7.72. The van der Waals surface area contributed by atoms with Crippen LogP contribution in [0, 0.1) is 6.92 Å². The first-order valence-electron chi connectivity index (χ1n) is 8.89. The molecule has 0 spiro atoms. The minimum Gasteiger partial charge on any atom is -0.387 e. The second-order valence-electron chi connectivity index (χ2n) is 6.89. The molecule has 1 fully saturated rings. The van der Waals surface area contributed by atoms with Gasteiger partial charge in [-0.05, 0) is 24.6 Å². The Morgan fingerprint density at radius 2 is 2.03 bits per heavy atom. The molecule has 1 saturated heterocycles. The topological polar surface area (TPSA) is 165 Å². The van der Waals surface area contributed by atoms with E-state index in [9.17, 15) is 18.6 Å². The number of nitrogen functional groups attached to an aromatic ring is 1. The van der Waals surface area contributed by atoms with E-state index in [-0.39, 0.29) is 17.3 Å². The molecule has 4 rings (SSSR count). The first kappa shape index (κ1) is 20.9. The smallest absolute Gasteiger partial charge is 0.240 e. The van der Waals surface area contributed by atoms with Gasteiger partial charge in [-0.2, -0.15) is 0 Å². The summed E-state index contributed by atoms with van der Waals surface area (Å²) in [6.45, 7) is 1.49. The predicted molar refractivity (Wildman–Crippen MR) is 107 cm³/mol. The highest BCUT2D eigenvalue weighted by atomic mass is 35.5. The van der Waals surface area contributed by atoms with Crippen molar-refractivity contribution in [2.75, 3.05) is 12.3 Å². The molecule has 0 amide bonds. The molecule has 30 heavy (non-hydrogen) atoms. The summed E-state index contributed by atoms with van der Waals surface area (Å²) in [4.78, 5) is 12.0. The number of fused-ring (bicyclic) bond motifs is 1. The molecule has 1 aromatic carbocycles. The van der Waals surface area contributed by atoms with Crippen molar-refractivity contribution >= 4 is 38.6 Å². The molecule has 1 aliphatic heterocycles. The number of aryl methyl sites for hydroxylation is 1. The summed E-state index contributed by atoms with van der Waals surface area (Å²) in [5, 5.41) is 21.1. The number of halogens is 1. The maximum absolute atomic E-state index is 12.5. The predicted octanol–water partition coefficient (Wildman–Crippen LogP) is -0.0320. The number of anilines is 1. The molecular formula is C17H19ClN6O5S. The zero-order valence-electron chi connectivity index (χ0n) is 15.7. The van der Waals surface area contributed by atoms with E-state index < -0.39 is 34.6 Å². The molecule has 0 bridgehead atoms. The third kappa shape index (κ3) is 3.62. The summed E-state index contributed by atoms with van der Waals surface area (Å²) in [7, 11) is -3.90. The number of sulfonamides is 1. The van der Waals surface area contributed by atoms with Crippen molar-refractivity contribution in [1.29, 1.82) is 0 Å². The van der Waals surface area contributed by atoms with Crippen LogP contribution >= 0.6 is 11.6 Å². The summed E-state index contributed by atoms with van der Waals surface area (Å²) < 4.78 is 34.6. The van der Waals surface area contributed by atoms with Gasteiger partial charge in [0.2, 0.25) is 10.0 Å². The fraction of sp³-hybridized carbons (Fsp3) is 0.353. The van der Waals surface area contributed by atoms with Gasteiger partial charge in [0.15, 0.2) is 17.7 Å². The number of aliphatic hydroxyl groups excluding tert-OH is 2. The van der Waals surface area contributed by atoms with E-state index in [0.29, 0.717) is 16.2 Å². The monoisotopic (exact) mass is 454 g/mol. The molecule has 0 unspecified atom stereocenters. The number of hydrogen-bond donors (Lipinski definition) is 4. The molecule has 5 N–H and O–H groups in total. The van der Waals surface area contributed by atoms with Crippen LogP contribution in [-0.4, -0.2) is 63.0 Å². The summed E-state index contributed by atoms with van der Waals surface area (Å²) in [6.07, 6.45) is -2.15. The van der Waals surface area contributed by atoms with E-state index in [1.807, 2.05) is 0 Å². The number of aliphatic hydroxyl groups is 2. The first-order chi connectivity index (χ1) is 14.2. The number of imidazole rings is 1. The van der Waals surface area contributed by atoms with Crippen LogP contribution in [0.4, 0.5) is 5.82 Å². The Morgan fingerprint density at radius 1 is 1.27 bits per heavy atom. The van der Waals surface area contributed by atoms with E-state index in [1.165, 1.54) is 29.4 Å². The van der Waals surface area contributed by atoms with Gasteiger partial charge in [0, 0.05) is 11.6 Å². The number of hydrogen-bond acceptors (Lipinski definition) is 9. The van der Waals surface area contributed by atoms with E-state index in [0.717, 1.165) is 5.56 Å².